The van der Waals surface area contributed by atoms with E-state index in [2.05, 4.69) is 17.5 Å². The summed E-state index contributed by atoms with van der Waals surface area (Å²) in [4.78, 5) is 11.7. The predicted octanol–water partition coefficient (Wildman–Crippen LogP) is 3.48. The maximum absolute atomic E-state index is 11.7. The van der Waals surface area contributed by atoms with Gasteiger partial charge in [-0.05, 0) is 25.0 Å². The summed E-state index contributed by atoms with van der Waals surface area (Å²) < 4.78 is 5.86. The number of carbonyl (C=O) groups is 1. The largest absolute Gasteiger partial charge is 0.493 e. The fraction of sp³-hybridized carbons (Fsp3) is 0.438. The first-order valence-corrected chi connectivity index (χ1v) is 7.02. The molecule has 100 valence electrons. The number of hydrogen-bond donors (Lipinski definition) is 1. The Labute approximate surface area is 113 Å². The average Bonchev–Trinajstić information content (AvgIpc) is 2.47. The maximum Gasteiger partial charge on any atom is 0.224 e. The van der Waals surface area contributed by atoms with E-state index in [9.17, 15) is 4.79 Å². The first kappa shape index (κ1) is 12.3. The van der Waals surface area contributed by atoms with E-state index in [4.69, 9.17) is 4.74 Å². The first-order valence-electron chi connectivity index (χ1n) is 7.02. The summed E-state index contributed by atoms with van der Waals surface area (Å²) in [5, 5.41) is 3.00. The third-order valence-electron chi connectivity index (χ3n) is 4.00. The molecule has 1 aromatic carbocycles. The Morgan fingerprint density at radius 1 is 1.47 bits per heavy atom. The van der Waals surface area contributed by atoms with Gasteiger partial charge in [0, 0.05) is 29.5 Å². The van der Waals surface area contributed by atoms with Crippen molar-refractivity contribution >= 4 is 11.6 Å². The van der Waals surface area contributed by atoms with Crippen molar-refractivity contribution in [2.45, 2.75) is 32.1 Å². The van der Waals surface area contributed by atoms with Gasteiger partial charge in [-0.2, -0.15) is 0 Å². The molecule has 3 rings (SSSR count). The fourth-order valence-electron chi connectivity index (χ4n) is 2.97. The van der Waals surface area contributed by atoms with Crippen LogP contribution in [0, 0.1) is 5.92 Å². The molecule has 0 spiro atoms. The minimum Gasteiger partial charge on any atom is -0.493 e. The molecule has 19 heavy (non-hydrogen) atoms. The molecule has 2 atom stereocenters. The highest BCUT2D eigenvalue weighted by Crippen LogP contribution is 2.45. The van der Waals surface area contributed by atoms with Gasteiger partial charge in [0.05, 0.1) is 6.61 Å². The standard InChI is InChI=1S/C16H19NO2/c1-2-15(18)17-13-8-5-9-14-16(13)12-7-4-3-6-11(12)10-19-14/h4-5,7-9,11-12H,2-3,6,10H2,1H3,(H,17,18). The highest BCUT2D eigenvalue weighted by molar-refractivity contribution is 5.92. The molecule has 2 unspecified atom stereocenters. The second-order valence-electron chi connectivity index (χ2n) is 5.22. The van der Waals surface area contributed by atoms with Crippen molar-refractivity contribution in [3.05, 3.63) is 35.9 Å². The van der Waals surface area contributed by atoms with E-state index in [0.717, 1.165) is 36.4 Å². The molecule has 0 bridgehead atoms. The van der Waals surface area contributed by atoms with Gasteiger partial charge in [0.25, 0.3) is 0 Å². The number of carbonyl (C=O) groups excluding carboxylic acids is 1. The average molecular weight is 257 g/mol. The number of hydrogen-bond acceptors (Lipinski definition) is 2. The summed E-state index contributed by atoms with van der Waals surface area (Å²) in [5.74, 6) is 1.89. The molecule has 2 aliphatic rings. The van der Waals surface area contributed by atoms with Crippen LogP contribution in [0.2, 0.25) is 0 Å². The molecule has 0 fully saturated rings. The molecule has 0 radical (unpaired) electrons. The van der Waals surface area contributed by atoms with Crippen molar-refractivity contribution in [3.63, 3.8) is 0 Å². The molecular formula is C16H19NO2. The van der Waals surface area contributed by atoms with Gasteiger partial charge in [-0.3, -0.25) is 4.79 Å². The Morgan fingerprint density at radius 2 is 2.37 bits per heavy atom. The second kappa shape index (κ2) is 5.08. The van der Waals surface area contributed by atoms with Gasteiger partial charge in [0.1, 0.15) is 5.75 Å². The molecule has 1 N–H and O–H groups in total. The second-order valence-corrected chi connectivity index (χ2v) is 5.22. The molecular weight excluding hydrogens is 238 g/mol. The van der Waals surface area contributed by atoms with E-state index in [0.29, 0.717) is 18.3 Å². The van der Waals surface area contributed by atoms with Crippen LogP contribution in [0.4, 0.5) is 5.69 Å². The summed E-state index contributed by atoms with van der Waals surface area (Å²) >= 11 is 0. The van der Waals surface area contributed by atoms with E-state index in [1.807, 2.05) is 25.1 Å². The summed E-state index contributed by atoms with van der Waals surface area (Å²) in [6, 6.07) is 5.91. The van der Waals surface area contributed by atoms with Gasteiger partial charge in [-0.25, -0.2) is 0 Å². The maximum atomic E-state index is 11.7. The SMILES string of the molecule is CCC(=O)Nc1cccc2c1C1C=CCCC1CO2. The van der Waals surface area contributed by atoms with Crippen molar-refractivity contribution in [1.29, 1.82) is 0 Å². The van der Waals surface area contributed by atoms with Gasteiger partial charge in [0.15, 0.2) is 0 Å². The van der Waals surface area contributed by atoms with Crippen LogP contribution in [-0.2, 0) is 4.79 Å². The Kier molecular flexibility index (Phi) is 3.28. The van der Waals surface area contributed by atoms with E-state index in [1.165, 1.54) is 0 Å². The van der Waals surface area contributed by atoms with Crippen molar-refractivity contribution in [2.75, 3.05) is 11.9 Å². The van der Waals surface area contributed by atoms with E-state index >= 15 is 0 Å². The zero-order valence-corrected chi connectivity index (χ0v) is 11.2. The van der Waals surface area contributed by atoms with Crippen LogP contribution in [0.3, 0.4) is 0 Å². The summed E-state index contributed by atoms with van der Waals surface area (Å²) in [7, 11) is 0. The zero-order chi connectivity index (χ0) is 13.2. The molecule has 1 aromatic rings. The number of rotatable bonds is 2. The molecule has 1 heterocycles. The number of fused-ring (bicyclic) bond motifs is 3. The van der Waals surface area contributed by atoms with Crippen molar-refractivity contribution in [1.82, 2.24) is 0 Å². The third kappa shape index (κ3) is 2.25. The molecule has 1 amide bonds. The van der Waals surface area contributed by atoms with Gasteiger partial charge in [0.2, 0.25) is 5.91 Å². The minimum atomic E-state index is 0.0512. The molecule has 1 aliphatic heterocycles. The highest BCUT2D eigenvalue weighted by Gasteiger charge is 2.32. The molecule has 0 saturated carbocycles. The minimum absolute atomic E-state index is 0.0512. The Hall–Kier alpha value is -1.77. The van der Waals surface area contributed by atoms with Gasteiger partial charge in [-0.1, -0.05) is 25.1 Å². The van der Waals surface area contributed by atoms with Crippen molar-refractivity contribution in [3.8, 4) is 5.75 Å². The van der Waals surface area contributed by atoms with Crippen LogP contribution in [0.25, 0.3) is 0 Å². The Morgan fingerprint density at radius 3 is 3.21 bits per heavy atom. The molecule has 3 heteroatoms. The third-order valence-corrected chi connectivity index (χ3v) is 4.00. The van der Waals surface area contributed by atoms with Gasteiger partial charge >= 0.3 is 0 Å². The van der Waals surface area contributed by atoms with Crippen LogP contribution in [-0.4, -0.2) is 12.5 Å². The van der Waals surface area contributed by atoms with Crippen LogP contribution in [0.15, 0.2) is 30.4 Å². The summed E-state index contributed by atoms with van der Waals surface area (Å²) in [5.41, 5.74) is 2.06. The monoisotopic (exact) mass is 257 g/mol. The Bertz CT molecular complexity index is 521. The highest BCUT2D eigenvalue weighted by atomic mass is 16.5. The van der Waals surface area contributed by atoms with Crippen molar-refractivity contribution < 1.29 is 9.53 Å². The molecule has 0 aromatic heterocycles. The topological polar surface area (TPSA) is 38.3 Å². The van der Waals surface area contributed by atoms with Crippen molar-refractivity contribution in [2.24, 2.45) is 5.92 Å². The fourth-order valence-corrected chi connectivity index (χ4v) is 2.97. The molecule has 0 saturated heterocycles. The number of nitrogens with one attached hydrogen (secondary N) is 1. The lowest BCUT2D eigenvalue weighted by atomic mass is 9.77. The summed E-state index contributed by atoms with van der Waals surface area (Å²) in [6.07, 6.45) is 7.31. The van der Waals surface area contributed by atoms with E-state index < -0.39 is 0 Å². The number of amides is 1. The molecule has 1 aliphatic carbocycles. The smallest absolute Gasteiger partial charge is 0.224 e. The van der Waals surface area contributed by atoms with Gasteiger partial charge in [-0.15, -0.1) is 0 Å². The van der Waals surface area contributed by atoms with Crippen LogP contribution in [0.5, 0.6) is 5.75 Å². The first-order chi connectivity index (χ1) is 9.29. The number of anilines is 1. The lowest BCUT2D eigenvalue weighted by molar-refractivity contribution is -0.115. The van der Waals surface area contributed by atoms with Gasteiger partial charge < -0.3 is 10.1 Å². The lowest BCUT2D eigenvalue weighted by Gasteiger charge is -2.35. The molecule has 3 nitrogen and oxygen atoms in total. The Balaban J connectivity index is 2.01. The normalized spacial score (nSPS) is 24.1. The van der Waals surface area contributed by atoms with Crippen LogP contribution < -0.4 is 10.1 Å². The summed E-state index contributed by atoms with van der Waals surface area (Å²) in [6.45, 7) is 2.65. The van der Waals surface area contributed by atoms with Crippen LogP contribution >= 0.6 is 0 Å². The zero-order valence-electron chi connectivity index (χ0n) is 11.2. The number of benzene rings is 1. The quantitative estimate of drug-likeness (QED) is 0.824. The predicted molar refractivity (Wildman–Crippen MR) is 75.5 cm³/mol. The number of allylic oxidation sites excluding steroid dienone is 2. The lowest BCUT2D eigenvalue weighted by Crippen LogP contribution is -2.28. The van der Waals surface area contributed by atoms with E-state index in [1.54, 1.807) is 0 Å². The van der Waals surface area contributed by atoms with E-state index in [-0.39, 0.29) is 5.91 Å². The van der Waals surface area contributed by atoms with Crippen LogP contribution in [0.1, 0.15) is 37.7 Å². The number of ether oxygens (including phenoxy) is 1.